The zero-order valence-corrected chi connectivity index (χ0v) is 13.2. The molecule has 2 aromatic carbocycles. The van der Waals surface area contributed by atoms with Crippen molar-refractivity contribution < 1.29 is 30.7 Å². The summed E-state index contributed by atoms with van der Waals surface area (Å²) >= 11 is 0. The zero-order valence-electron chi connectivity index (χ0n) is 11.6. The Morgan fingerprint density at radius 3 is 2.04 bits per heavy atom. The van der Waals surface area contributed by atoms with Gasteiger partial charge in [-0.1, -0.05) is 12.1 Å². The monoisotopic (exact) mass is 376 g/mol. The van der Waals surface area contributed by atoms with Crippen LogP contribution in [0.25, 0.3) is 11.1 Å². The maximum Gasteiger partial charge on any atom is 0.295 e. The maximum absolute atomic E-state index is 14.2. The predicted octanol–water partition coefficient (Wildman–Crippen LogP) is 1.30. The van der Waals surface area contributed by atoms with E-state index in [2.05, 4.69) is 0 Å². The van der Waals surface area contributed by atoms with Crippen molar-refractivity contribution in [3.8, 4) is 11.1 Å². The molecule has 0 saturated carbocycles. The van der Waals surface area contributed by atoms with Gasteiger partial charge in [-0.05, 0) is 18.2 Å². The van der Waals surface area contributed by atoms with Gasteiger partial charge >= 0.3 is 0 Å². The Hall–Kier alpha value is -2.41. The molecule has 0 bridgehead atoms. The number of nitrogens with two attached hydrogens (primary N) is 1. The van der Waals surface area contributed by atoms with Crippen molar-refractivity contribution in [2.45, 2.75) is 9.79 Å². The van der Waals surface area contributed by atoms with E-state index in [4.69, 9.17) is 5.14 Å². The van der Waals surface area contributed by atoms with E-state index in [0.29, 0.717) is 0 Å². The summed E-state index contributed by atoms with van der Waals surface area (Å²) in [6, 6.07) is 5.18. The van der Waals surface area contributed by atoms with Crippen LogP contribution in [-0.2, 0) is 20.1 Å². The average molecular weight is 376 g/mol. The van der Waals surface area contributed by atoms with Crippen molar-refractivity contribution in [3.05, 3.63) is 52.3 Å². The van der Waals surface area contributed by atoms with Crippen LogP contribution >= 0.6 is 0 Å². The highest BCUT2D eigenvalue weighted by Crippen LogP contribution is 2.39. The number of hydrogen-bond donors (Lipinski definition) is 2. The molecular formula is C12H9FN2O7S2. The number of nitro groups is 1. The first-order valence-corrected chi connectivity index (χ1v) is 9.00. The zero-order chi connectivity index (χ0) is 18.3. The van der Waals surface area contributed by atoms with Gasteiger partial charge in [0.2, 0.25) is 10.0 Å². The first kappa shape index (κ1) is 17.9. The smallest absolute Gasteiger partial charge is 0.282 e. The SMILES string of the molecule is NS(=O)(=O)c1cccc(S(=O)(=O)O)c1-c1c(F)cccc1[N+](=O)[O-]. The Balaban J connectivity index is 3.13. The molecule has 24 heavy (non-hydrogen) atoms. The van der Waals surface area contributed by atoms with E-state index in [0.717, 1.165) is 36.4 Å². The van der Waals surface area contributed by atoms with E-state index in [-0.39, 0.29) is 0 Å². The van der Waals surface area contributed by atoms with Gasteiger partial charge in [-0.25, -0.2) is 17.9 Å². The summed E-state index contributed by atoms with van der Waals surface area (Å²) in [6.07, 6.45) is 0. The van der Waals surface area contributed by atoms with E-state index >= 15 is 0 Å². The third kappa shape index (κ3) is 3.26. The lowest BCUT2D eigenvalue weighted by molar-refractivity contribution is -0.384. The van der Waals surface area contributed by atoms with Gasteiger partial charge in [0.1, 0.15) is 10.7 Å². The van der Waals surface area contributed by atoms with Crippen LogP contribution in [0, 0.1) is 15.9 Å². The van der Waals surface area contributed by atoms with Crippen molar-refractivity contribution in [3.63, 3.8) is 0 Å². The van der Waals surface area contributed by atoms with Gasteiger partial charge < -0.3 is 0 Å². The first-order valence-electron chi connectivity index (χ1n) is 6.01. The summed E-state index contributed by atoms with van der Waals surface area (Å²) < 4.78 is 70.0. The Labute approximate surface area is 135 Å². The minimum Gasteiger partial charge on any atom is -0.282 e. The van der Waals surface area contributed by atoms with Gasteiger partial charge in [0.05, 0.1) is 15.4 Å². The molecule has 0 heterocycles. The first-order chi connectivity index (χ1) is 10.9. The Morgan fingerprint density at radius 2 is 1.54 bits per heavy atom. The van der Waals surface area contributed by atoms with E-state index in [1.807, 2.05) is 0 Å². The summed E-state index contributed by atoms with van der Waals surface area (Å²) in [5.41, 5.74) is -2.72. The lowest BCUT2D eigenvalue weighted by atomic mass is 10.0. The summed E-state index contributed by atoms with van der Waals surface area (Å²) in [5, 5.41) is 16.1. The van der Waals surface area contributed by atoms with Crippen LogP contribution in [0.1, 0.15) is 0 Å². The molecule has 0 saturated heterocycles. The fourth-order valence-corrected chi connectivity index (χ4v) is 3.67. The molecule has 0 radical (unpaired) electrons. The molecule has 0 fully saturated rings. The molecule has 0 aromatic heterocycles. The highest BCUT2D eigenvalue weighted by atomic mass is 32.2. The van der Waals surface area contributed by atoms with Gasteiger partial charge in [-0.2, -0.15) is 8.42 Å². The van der Waals surface area contributed by atoms with Crippen molar-refractivity contribution in [1.29, 1.82) is 0 Å². The molecule has 128 valence electrons. The number of hydrogen-bond acceptors (Lipinski definition) is 6. The van der Waals surface area contributed by atoms with Crippen LogP contribution in [0.4, 0.5) is 10.1 Å². The molecule has 9 nitrogen and oxygen atoms in total. The number of sulfonamides is 1. The number of primary sulfonamides is 1. The third-order valence-electron chi connectivity index (χ3n) is 3.01. The van der Waals surface area contributed by atoms with E-state index < -0.39 is 57.5 Å². The average Bonchev–Trinajstić information content (AvgIpc) is 2.44. The maximum atomic E-state index is 14.2. The van der Waals surface area contributed by atoms with Crippen LogP contribution < -0.4 is 5.14 Å². The fraction of sp³-hybridized carbons (Fsp3) is 0. The number of rotatable bonds is 4. The molecule has 2 rings (SSSR count). The van der Waals surface area contributed by atoms with Gasteiger partial charge in [-0.15, -0.1) is 0 Å². The molecule has 0 unspecified atom stereocenters. The topological polar surface area (TPSA) is 158 Å². The molecule has 0 aliphatic heterocycles. The van der Waals surface area contributed by atoms with Crippen LogP contribution in [0.2, 0.25) is 0 Å². The molecule has 0 amide bonds. The number of halogens is 1. The van der Waals surface area contributed by atoms with E-state index in [1.54, 1.807) is 0 Å². The van der Waals surface area contributed by atoms with Gasteiger partial charge in [-0.3, -0.25) is 14.7 Å². The molecule has 2 aromatic rings. The molecule has 0 atom stereocenters. The summed E-state index contributed by atoms with van der Waals surface area (Å²) in [5.74, 6) is -1.26. The highest BCUT2D eigenvalue weighted by molar-refractivity contribution is 7.89. The highest BCUT2D eigenvalue weighted by Gasteiger charge is 2.31. The van der Waals surface area contributed by atoms with Gasteiger partial charge in [0, 0.05) is 11.6 Å². The molecule has 12 heteroatoms. The van der Waals surface area contributed by atoms with Crippen LogP contribution in [0.15, 0.2) is 46.2 Å². The lowest BCUT2D eigenvalue weighted by Gasteiger charge is -2.13. The van der Waals surface area contributed by atoms with Crippen LogP contribution in [0.3, 0.4) is 0 Å². The third-order valence-corrected chi connectivity index (χ3v) is 4.86. The minimum absolute atomic E-state index is 0.773. The minimum atomic E-state index is -5.03. The summed E-state index contributed by atoms with van der Waals surface area (Å²) in [6.45, 7) is 0. The van der Waals surface area contributed by atoms with E-state index in [9.17, 15) is 35.9 Å². The molecule has 0 spiro atoms. The normalized spacial score (nSPS) is 12.1. The molecular weight excluding hydrogens is 367 g/mol. The molecule has 0 aliphatic carbocycles. The van der Waals surface area contributed by atoms with Crippen LogP contribution in [0.5, 0.6) is 0 Å². The molecule has 0 aliphatic rings. The Morgan fingerprint density at radius 1 is 1.00 bits per heavy atom. The fourth-order valence-electron chi connectivity index (χ4n) is 2.12. The van der Waals surface area contributed by atoms with E-state index in [1.165, 1.54) is 0 Å². The summed E-state index contributed by atoms with van der Waals surface area (Å²) in [7, 11) is -9.62. The molecule has 3 N–H and O–H groups in total. The largest absolute Gasteiger partial charge is 0.295 e. The quantitative estimate of drug-likeness (QED) is 0.462. The second kappa shape index (κ2) is 5.90. The van der Waals surface area contributed by atoms with Crippen LogP contribution in [-0.4, -0.2) is 26.3 Å². The van der Waals surface area contributed by atoms with Crippen molar-refractivity contribution in [1.82, 2.24) is 0 Å². The predicted molar refractivity (Wildman–Crippen MR) is 79.7 cm³/mol. The summed E-state index contributed by atoms with van der Waals surface area (Å²) in [4.78, 5) is 8.18. The number of benzene rings is 2. The van der Waals surface area contributed by atoms with Crippen molar-refractivity contribution >= 4 is 25.8 Å². The number of nitro benzene ring substituents is 1. The van der Waals surface area contributed by atoms with Gasteiger partial charge in [0.15, 0.2) is 0 Å². The standard InChI is InChI=1S/C12H9FN2O7S2/c13-7-3-1-4-8(15(16)17)11(7)12-9(23(14,18)19)5-2-6-10(12)24(20,21)22/h1-6H,(H2,14,18,19)(H,20,21,22). The van der Waals surface area contributed by atoms with Crippen molar-refractivity contribution in [2.75, 3.05) is 0 Å². The lowest BCUT2D eigenvalue weighted by Crippen LogP contribution is -2.16. The van der Waals surface area contributed by atoms with Crippen molar-refractivity contribution in [2.24, 2.45) is 5.14 Å². The second-order valence-corrected chi connectivity index (χ2v) is 7.46. The Kier molecular flexibility index (Phi) is 4.41. The number of nitrogens with zero attached hydrogens (tertiary/aromatic N) is 1. The Bertz CT molecular complexity index is 999. The second-order valence-electron chi connectivity index (χ2n) is 4.54. The van der Waals surface area contributed by atoms with Gasteiger partial charge in [0.25, 0.3) is 15.8 Å².